The molecule has 0 radical (unpaired) electrons. The molecule has 7 nitrogen and oxygen atoms in total. The maximum Gasteiger partial charge on any atom is 0.339 e. The molecule has 0 bridgehead atoms. The smallest absolute Gasteiger partial charge is 0.339 e. The Bertz CT molecular complexity index is 1720. The normalized spacial score (nSPS) is 18.0. The molecule has 6 rings (SSSR count). The highest BCUT2D eigenvalue weighted by atomic mass is 79.9. The van der Waals surface area contributed by atoms with E-state index in [0.29, 0.717) is 46.3 Å². The fourth-order valence-electron chi connectivity index (χ4n) is 5.28. The number of benzene rings is 3. The molecule has 0 saturated carbocycles. The van der Waals surface area contributed by atoms with Gasteiger partial charge in [0.1, 0.15) is 0 Å². The van der Waals surface area contributed by atoms with Gasteiger partial charge in [0.15, 0.2) is 12.4 Å². The number of fused-ring (bicyclic) bond motifs is 2. The van der Waals surface area contributed by atoms with Gasteiger partial charge in [0.05, 0.1) is 34.3 Å². The average molecular weight is 674 g/mol. The molecule has 2 unspecified atom stereocenters. The number of allylic oxidation sites excluding steroid dienone is 2. The van der Waals surface area contributed by atoms with E-state index in [-0.39, 0.29) is 35.0 Å². The van der Waals surface area contributed by atoms with Crippen LogP contribution in [-0.2, 0) is 14.3 Å². The van der Waals surface area contributed by atoms with Crippen LogP contribution in [0, 0.1) is 11.8 Å². The maximum absolute atomic E-state index is 13.3. The van der Waals surface area contributed by atoms with Gasteiger partial charge < -0.3 is 4.74 Å². The Labute approximate surface area is 252 Å². The molecule has 204 valence electrons. The Hall–Kier alpha value is -3.95. The molecule has 0 N–H and O–H groups in total. The van der Waals surface area contributed by atoms with Gasteiger partial charge in [0, 0.05) is 25.5 Å². The number of hydrogen-bond donors (Lipinski definition) is 0. The Balaban J connectivity index is 1.28. The largest absolute Gasteiger partial charge is 0.454 e. The molecule has 1 aliphatic carbocycles. The third-order valence-electron chi connectivity index (χ3n) is 7.42. The molecule has 1 aliphatic heterocycles. The van der Waals surface area contributed by atoms with E-state index in [1.54, 1.807) is 66.7 Å². The zero-order valence-electron chi connectivity index (χ0n) is 21.6. The third-order valence-corrected chi connectivity index (χ3v) is 8.44. The number of pyridine rings is 1. The van der Waals surface area contributed by atoms with Gasteiger partial charge in [0.2, 0.25) is 11.8 Å². The van der Waals surface area contributed by atoms with Gasteiger partial charge in [-0.05, 0) is 61.4 Å². The topological polar surface area (TPSA) is 93.6 Å². The summed E-state index contributed by atoms with van der Waals surface area (Å²) in [7, 11) is 0. The molecule has 1 saturated heterocycles. The van der Waals surface area contributed by atoms with E-state index in [1.807, 2.05) is 18.2 Å². The van der Waals surface area contributed by atoms with Crippen LogP contribution in [0.25, 0.3) is 22.2 Å². The van der Waals surface area contributed by atoms with Crippen molar-refractivity contribution in [3.63, 3.8) is 0 Å². The quantitative estimate of drug-likeness (QED) is 0.0955. The van der Waals surface area contributed by atoms with Crippen LogP contribution in [0.3, 0.4) is 0 Å². The number of carbonyl (C=O) groups excluding carboxylic acids is 4. The lowest BCUT2D eigenvalue weighted by Gasteiger charge is -2.15. The standard InChI is InChI=1S/C32H22Br2N2O5/c33-20-9-5-19(6-10-20)29(37)17-41-32(40)26-16-28(35-27-14-11-21(34)15-25(26)27)18-7-12-22(13-8-18)36-30(38)23-3-1-2-4-24(23)31(36)39/h1-2,5-16,23-24H,3-4,17H2. The number of hydrogen-bond acceptors (Lipinski definition) is 6. The van der Waals surface area contributed by atoms with E-state index < -0.39 is 12.6 Å². The number of ketones is 1. The molecule has 9 heteroatoms. The van der Waals surface area contributed by atoms with Crippen LogP contribution in [0.4, 0.5) is 5.69 Å². The zero-order valence-corrected chi connectivity index (χ0v) is 24.7. The van der Waals surface area contributed by atoms with Gasteiger partial charge >= 0.3 is 5.97 Å². The molecule has 1 aromatic heterocycles. The summed E-state index contributed by atoms with van der Waals surface area (Å²) in [5.41, 5.74) is 2.98. The minimum Gasteiger partial charge on any atom is -0.454 e. The highest BCUT2D eigenvalue weighted by Crippen LogP contribution is 2.38. The second-order valence-corrected chi connectivity index (χ2v) is 11.8. The molecule has 1 fully saturated rings. The molecule has 0 spiro atoms. The van der Waals surface area contributed by atoms with Crippen molar-refractivity contribution < 1.29 is 23.9 Å². The number of imide groups is 1. The average Bonchev–Trinajstić information content (AvgIpc) is 3.25. The fourth-order valence-corrected chi connectivity index (χ4v) is 5.90. The van der Waals surface area contributed by atoms with Crippen LogP contribution in [0.2, 0.25) is 0 Å². The molecule has 2 heterocycles. The predicted octanol–water partition coefficient (Wildman–Crippen LogP) is 6.92. The number of halogens is 2. The van der Waals surface area contributed by atoms with Crippen molar-refractivity contribution in [1.82, 2.24) is 4.98 Å². The van der Waals surface area contributed by atoms with Crippen molar-refractivity contribution in [2.75, 3.05) is 11.5 Å². The van der Waals surface area contributed by atoms with E-state index >= 15 is 0 Å². The number of esters is 1. The number of rotatable bonds is 6. The Morgan fingerprint density at radius 1 is 0.829 bits per heavy atom. The summed E-state index contributed by atoms with van der Waals surface area (Å²) in [6, 6.07) is 20.8. The summed E-state index contributed by atoms with van der Waals surface area (Å²) < 4.78 is 7.05. The SMILES string of the molecule is O=C(COC(=O)c1cc(-c2ccc(N3C(=O)C4CC=CCC4C3=O)cc2)nc2ccc(Br)cc12)c1ccc(Br)cc1. The van der Waals surface area contributed by atoms with E-state index in [2.05, 4.69) is 31.9 Å². The number of amides is 2. The van der Waals surface area contributed by atoms with Crippen molar-refractivity contribution in [3.05, 3.63) is 105 Å². The first-order chi connectivity index (χ1) is 19.8. The summed E-state index contributed by atoms with van der Waals surface area (Å²) >= 11 is 6.79. The van der Waals surface area contributed by atoms with Crippen molar-refractivity contribution in [1.29, 1.82) is 0 Å². The molecular formula is C32H22Br2N2O5. The molecular weight excluding hydrogens is 652 g/mol. The first-order valence-electron chi connectivity index (χ1n) is 13.0. The Morgan fingerprint density at radius 3 is 2.12 bits per heavy atom. The minimum atomic E-state index is -0.650. The van der Waals surface area contributed by atoms with Crippen LogP contribution < -0.4 is 4.90 Å². The molecule has 2 aliphatic rings. The van der Waals surface area contributed by atoms with Gasteiger partial charge in [-0.1, -0.05) is 68.3 Å². The van der Waals surface area contributed by atoms with Gasteiger partial charge in [-0.3, -0.25) is 19.3 Å². The first-order valence-corrected chi connectivity index (χ1v) is 14.6. The second-order valence-electron chi connectivity index (χ2n) is 9.94. The number of aromatic nitrogens is 1. The van der Waals surface area contributed by atoms with Crippen LogP contribution in [0.1, 0.15) is 33.6 Å². The molecule has 2 atom stereocenters. The van der Waals surface area contributed by atoms with Crippen LogP contribution in [-0.4, -0.2) is 35.2 Å². The Morgan fingerprint density at radius 2 is 1.46 bits per heavy atom. The molecule has 4 aromatic rings. The maximum atomic E-state index is 13.3. The molecule has 2 amide bonds. The zero-order chi connectivity index (χ0) is 28.7. The molecule has 41 heavy (non-hydrogen) atoms. The lowest BCUT2D eigenvalue weighted by atomic mass is 9.85. The lowest BCUT2D eigenvalue weighted by molar-refractivity contribution is -0.122. The number of carbonyl (C=O) groups is 4. The predicted molar refractivity (Wildman–Crippen MR) is 161 cm³/mol. The Kier molecular flexibility index (Phi) is 7.40. The van der Waals surface area contributed by atoms with Crippen molar-refractivity contribution >= 4 is 72.0 Å². The number of anilines is 1. The number of Topliss-reactive ketones (excluding diaryl/α,β-unsaturated/α-hetero) is 1. The summed E-state index contributed by atoms with van der Waals surface area (Å²) in [6.07, 6.45) is 5.08. The van der Waals surface area contributed by atoms with Crippen LogP contribution in [0.15, 0.2) is 93.9 Å². The van der Waals surface area contributed by atoms with Crippen molar-refractivity contribution in [2.24, 2.45) is 11.8 Å². The summed E-state index contributed by atoms with van der Waals surface area (Å²) in [5, 5.41) is 0.574. The second kappa shape index (κ2) is 11.1. The van der Waals surface area contributed by atoms with E-state index in [4.69, 9.17) is 9.72 Å². The highest BCUT2D eigenvalue weighted by molar-refractivity contribution is 9.10. The highest BCUT2D eigenvalue weighted by Gasteiger charge is 2.47. The van der Waals surface area contributed by atoms with Gasteiger partial charge in [0.25, 0.3) is 0 Å². The number of nitrogens with zero attached hydrogens (tertiary/aromatic N) is 2. The number of ether oxygens (including phenoxy) is 1. The lowest BCUT2D eigenvalue weighted by Crippen LogP contribution is -2.30. The van der Waals surface area contributed by atoms with Gasteiger partial charge in [-0.15, -0.1) is 0 Å². The summed E-state index contributed by atoms with van der Waals surface area (Å²) in [5.74, 6) is -1.93. The van der Waals surface area contributed by atoms with Crippen molar-refractivity contribution in [3.8, 4) is 11.3 Å². The molecule has 3 aromatic carbocycles. The van der Waals surface area contributed by atoms with Crippen molar-refractivity contribution in [2.45, 2.75) is 12.8 Å². The van der Waals surface area contributed by atoms with Gasteiger partial charge in [-0.2, -0.15) is 0 Å². The van der Waals surface area contributed by atoms with E-state index in [0.717, 1.165) is 8.95 Å². The van der Waals surface area contributed by atoms with E-state index in [1.165, 1.54) is 4.90 Å². The third kappa shape index (κ3) is 5.27. The summed E-state index contributed by atoms with van der Waals surface area (Å²) in [4.78, 5) is 57.9. The van der Waals surface area contributed by atoms with Crippen LogP contribution >= 0.6 is 31.9 Å². The monoisotopic (exact) mass is 672 g/mol. The van der Waals surface area contributed by atoms with E-state index in [9.17, 15) is 19.2 Å². The fraction of sp³-hybridized carbons (Fsp3) is 0.156. The van der Waals surface area contributed by atoms with Crippen LogP contribution in [0.5, 0.6) is 0 Å². The summed E-state index contributed by atoms with van der Waals surface area (Å²) in [6.45, 7) is -0.405. The minimum absolute atomic E-state index is 0.172. The van der Waals surface area contributed by atoms with Gasteiger partial charge in [-0.25, -0.2) is 9.78 Å². The first kappa shape index (κ1) is 27.2.